The third-order valence-corrected chi connectivity index (χ3v) is 3.52. The molecule has 1 fully saturated rings. The van der Waals surface area contributed by atoms with E-state index in [-0.39, 0.29) is 5.91 Å². The highest BCUT2D eigenvalue weighted by Crippen LogP contribution is 2.21. The molecule has 0 radical (unpaired) electrons. The predicted molar refractivity (Wildman–Crippen MR) is 72.4 cm³/mol. The normalized spacial score (nSPS) is 22.9. The van der Waals surface area contributed by atoms with E-state index in [4.69, 9.17) is 5.84 Å². The molecule has 0 spiro atoms. The topological polar surface area (TPSA) is 87.4 Å². The van der Waals surface area contributed by atoms with Crippen molar-refractivity contribution in [2.24, 2.45) is 11.8 Å². The lowest BCUT2D eigenvalue weighted by Gasteiger charge is -2.22. The average molecular weight is 264 g/mol. The third kappa shape index (κ3) is 2.82. The number of amides is 1. The maximum atomic E-state index is 12.4. The first-order chi connectivity index (χ1) is 9.02. The van der Waals surface area contributed by atoms with Gasteiger partial charge in [0.25, 0.3) is 5.91 Å². The molecule has 1 aromatic heterocycles. The van der Waals surface area contributed by atoms with Crippen LogP contribution in [0.15, 0.2) is 12.4 Å². The van der Waals surface area contributed by atoms with E-state index < -0.39 is 0 Å². The average Bonchev–Trinajstić information content (AvgIpc) is 2.80. The molecule has 0 aromatic carbocycles. The second-order valence-corrected chi connectivity index (χ2v) is 5.15. The summed E-state index contributed by atoms with van der Waals surface area (Å²) in [5, 5.41) is 0. The summed E-state index contributed by atoms with van der Waals surface area (Å²) in [6.07, 6.45) is 2.95. The highest BCUT2D eigenvalue weighted by molar-refractivity contribution is 5.92. The molecule has 1 aliphatic heterocycles. The fraction of sp³-hybridized carbons (Fsp3) is 0.583. The van der Waals surface area contributed by atoms with Crippen LogP contribution in [0.5, 0.6) is 0 Å². The van der Waals surface area contributed by atoms with Crippen molar-refractivity contribution in [2.75, 3.05) is 32.6 Å². The number of nitrogens with zero attached hydrogens (tertiary/aromatic N) is 4. The number of hydrogen-bond donors (Lipinski definition) is 2. The smallest absolute Gasteiger partial charge is 0.274 e. The summed E-state index contributed by atoms with van der Waals surface area (Å²) in [5.41, 5.74) is 2.72. The Balaban J connectivity index is 2.12. The number of rotatable bonds is 3. The van der Waals surface area contributed by atoms with Crippen molar-refractivity contribution in [3.8, 4) is 0 Å². The Morgan fingerprint density at radius 3 is 2.79 bits per heavy atom. The van der Waals surface area contributed by atoms with Crippen molar-refractivity contribution in [3.63, 3.8) is 0 Å². The number of hydrogen-bond acceptors (Lipinski definition) is 6. The predicted octanol–water partition coefficient (Wildman–Crippen LogP) is -0.216. The fourth-order valence-corrected chi connectivity index (χ4v) is 2.49. The first-order valence-electron chi connectivity index (χ1n) is 6.27. The van der Waals surface area contributed by atoms with E-state index >= 15 is 0 Å². The van der Waals surface area contributed by atoms with Gasteiger partial charge in [-0.2, -0.15) is 0 Å². The van der Waals surface area contributed by atoms with Crippen molar-refractivity contribution in [1.82, 2.24) is 19.8 Å². The highest BCUT2D eigenvalue weighted by Gasteiger charge is 2.34. The van der Waals surface area contributed by atoms with Gasteiger partial charge < -0.3 is 15.2 Å². The van der Waals surface area contributed by atoms with Gasteiger partial charge >= 0.3 is 0 Å². The third-order valence-electron chi connectivity index (χ3n) is 3.52. The zero-order valence-corrected chi connectivity index (χ0v) is 11.5. The van der Waals surface area contributed by atoms with E-state index in [2.05, 4.69) is 27.2 Å². The molecule has 0 aliphatic carbocycles. The molecule has 2 rings (SSSR count). The van der Waals surface area contributed by atoms with Crippen LogP contribution in [0, 0.1) is 5.92 Å². The van der Waals surface area contributed by atoms with Crippen LogP contribution >= 0.6 is 0 Å². The first kappa shape index (κ1) is 13.7. The van der Waals surface area contributed by atoms with Crippen molar-refractivity contribution in [3.05, 3.63) is 18.1 Å². The van der Waals surface area contributed by atoms with Gasteiger partial charge in [-0.15, -0.1) is 0 Å². The minimum Gasteiger partial charge on any atom is -0.335 e. The van der Waals surface area contributed by atoms with Crippen LogP contribution < -0.4 is 11.3 Å². The number of nitrogens with two attached hydrogens (primary N) is 1. The van der Waals surface area contributed by atoms with E-state index in [0.29, 0.717) is 23.5 Å². The Morgan fingerprint density at radius 1 is 1.47 bits per heavy atom. The molecule has 7 nitrogen and oxygen atoms in total. The van der Waals surface area contributed by atoms with Crippen LogP contribution in [0.1, 0.15) is 17.4 Å². The van der Waals surface area contributed by atoms with Gasteiger partial charge in [-0.05, 0) is 20.0 Å². The Hall–Kier alpha value is -1.73. The molecule has 19 heavy (non-hydrogen) atoms. The van der Waals surface area contributed by atoms with Crippen LogP contribution in [0.25, 0.3) is 0 Å². The molecule has 1 aliphatic rings. The lowest BCUT2D eigenvalue weighted by molar-refractivity contribution is 0.0775. The van der Waals surface area contributed by atoms with Gasteiger partial charge in [0.2, 0.25) is 0 Å². The van der Waals surface area contributed by atoms with Crippen molar-refractivity contribution in [1.29, 1.82) is 0 Å². The molecule has 0 bridgehead atoms. The van der Waals surface area contributed by atoms with Gasteiger partial charge in [0.15, 0.2) is 5.82 Å². The van der Waals surface area contributed by atoms with Crippen LogP contribution in [0.4, 0.5) is 5.82 Å². The Kier molecular flexibility index (Phi) is 3.96. The quantitative estimate of drug-likeness (QED) is 0.580. The largest absolute Gasteiger partial charge is 0.335 e. The minimum atomic E-state index is -0.0965. The summed E-state index contributed by atoms with van der Waals surface area (Å²) < 4.78 is 0. The van der Waals surface area contributed by atoms with Crippen molar-refractivity contribution < 1.29 is 4.79 Å². The molecule has 1 amide bonds. The maximum Gasteiger partial charge on any atom is 0.274 e. The van der Waals surface area contributed by atoms with Gasteiger partial charge in [0, 0.05) is 19.1 Å². The lowest BCUT2D eigenvalue weighted by Crippen LogP contribution is -2.36. The van der Waals surface area contributed by atoms with Gasteiger partial charge in [-0.1, -0.05) is 6.92 Å². The zero-order valence-electron chi connectivity index (χ0n) is 11.5. The molecule has 2 heterocycles. The van der Waals surface area contributed by atoms with E-state index in [0.717, 1.165) is 13.1 Å². The number of carbonyl (C=O) groups excluding carboxylic acids is 1. The summed E-state index contributed by atoms with van der Waals surface area (Å²) in [5.74, 6) is 6.01. The molecule has 1 aromatic rings. The Bertz CT molecular complexity index is 463. The van der Waals surface area contributed by atoms with Gasteiger partial charge in [0.05, 0.1) is 12.4 Å². The summed E-state index contributed by atoms with van der Waals surface area (Å²) in [6, 6.07) is 0.382. The summed E-state index contributed by atoms with van der Waals surface area (Å²) in [7, 11) is 4.07. The second-order valence-electron chi connectivity index (χ2n) is 5.15. The molecule has 104 valence electrons. The molecular formula is C12H20N6O. The summed E-state index contributed by atoms with van der Waals surface area (Å²) in [4.78, 5) is 24.4. The van der Waals surface area contributed by atoms with E-state index in [1.807, 2.05) is 19.0 Å². The molecule has 2 unspecified atom stereocenters. The van der Waals surface area contributed by atoms with Crippen LogP contribution in [0.3, 0.4) is 0 Å². The molecule has 0 saturated carbocycles. The van der Waals surface area contributed by atoms with Crippen LogP contribution in [0.2, 0.25) is 0 Å². The number of anilines is 1. The minimum absolute atomic E-state index is 0.0965. The monoisotopic (exact) mass is 264 g/mol. The van der Waals surface area contributed by atoms with Crippen molar-refractivity contribution in [2.45, 2.75) is 13.0 Å². The second kappa shape index (κ2) is 5.50. The number of aromatic nitrogens is 2. The van der Waals surface area contributed by atoms with Crippen molar-refractivity contribution >= 4 is 11.7 Å². The summed E-state index contributed by atoms with van der Waals surface area (Å²) in [6.45, 7) is 3.61. The Morgan fingerprint density at radius 2 is 2.21 bits per heavy atom. The van der Waals surface area contributed by atoms with E-state index in [9.17, 15) is 4.79 Å². The number of hydrazine groups is 1. The first-order valence-corrected chi connectivity index (χ1v) is 6.27. The van der Waals surface area contributed by atoms with E-state index in [1.54, 1.807) is 0 Å². The molecule has 3 N–H and O–H groups in total. The number of likely N-dealkylation sites (tertiary alicyclic amines) is 1. The van der Waals surface area contributed by atoms with Crippen LogP contribution in [-0.2, 0) is 0 Å². The zero-order chi connectivity index (χ0) is 14.0. The molecule has 1 saturated heterocycles. The fourth-order valence-electron chi connectivity index (χ4n) is 2.49. The SMILES string of the molecule is CC1CN(C(=O)c2cncc(NN)n2)CC1N(C)C. The maximum absolute atomic E-state index is 12.4. The number of carbonyl (C=O) groups is 1. The molecule has 7 heteroatoms. The number of nitrogens with one attached hydrogen (secondary N) is 1. The number of nitrogen functional groups attached to an aromatic ring is 1. The standard InChI is InChI=1S/C12H20N6O/c1-8-6-18(7-10(8)17(2)3)12(19)9-4-14-5-11(15-9)16-13/h4-5,8,10H,6-7,13H2,1-3H3,(H,15,16). The molecular weight excluding hydrogens is 244 g/mol. The van der Waals surface area contributed by atoms with Crippen LogP contribution in [-0.4, -0.2) is 58.9 Å². The number of likely N-dealkylation sites (N-methyl/N-ethyl adjacent to an activating group) is 1. The van der Waals surface area contributed by atoms with Gasteiger partial charge in [-0.3, -0.25) is 9.78 Å². The molecule has 2 atom stereocenters. The summed E-state index contributed by atoms with van der Waals surface area (Å²) >= 11 is 0. The van der Waals surface area contributed by atoms with E-state index in [1.165, 1.54) is 12.4 Å². The lowest BCUT2D eigenvalue weighted by atomic mass is 10.1. The highest BCUT2D eigenvalue weighted by atomic mass is 16.2. The van der Waals surface area contributed by atoms with Gasteiger partial charge in [-0.25, -0.2) is 10.8 Å². The van der Waals surface area contributed by atoms with Gasteiger partial charge in [0.1, 0.15) is 5.69 Å². The Labute approximate surface area is 112 Å².